The third-order valence-corrected chi connectivity index (χ3v) is 5.94. The molecule has 4 nitrogen and oxygen atoms in total. The highest BCUT2D eigenvalue weighted by Gasteiger charge is 2.15. The summed E-state index contributed by atoms with van der Waals surface area (Å²) in [7, 11) is 0. The van der Waals surface area contributed by atoms with Crippen molar-refractivity contribution in [2.75, 3.05) is 13.2 Å². The Morgan fingerprint density at radius 1 is 1.00 bits per heavy atom. The van der Waals surface area contributed by atoms with Crippen molar-refractivity contribution < 1.29 is 14.6 Å². The molecule has 2 N–H and O–H groups in total. The Labute approximate surface area is 201 Å². The molecule has 0 amide bonds. The molecule has 0 aliphatic carbocycles. The molecule has 3 aromatic rings. The molecule has 0 bridgehead atoms. The van der Waals surface area contributed by atoms with Gasteiger partial charge in [-0.3, -0.25) is 0 Å². The van der Waals surface area contributed by atoms with Gasteiger partial charge in [0.25, 0.3) is 0 Å². The van der Waals surface area contributed by atoms with Crippen molar-refractivity contribution in [2.24, 2.45) is 0 Å². The van der Waals surface area contributed by atoms with E-state index < -0.39 is 6.10 Å². The lowest BCUT2D eigenvalue weighted by Gasteiger charge is -2.17. The highest BCUT2D eigenvalue weighted by molar-refractivity contribution is 9.10. The topological polar surface area (TPSA) is 50.7 Å². The molecule has 0 spiro atoms. The van der Waals surface area contributed by atoms with Gasteiger partial charge in [-0.1, -0.05) is 59.6 Å². The first kappa shape index (κ1) is 23.9. The first-order valence-corrected chi connectivity index (χ1v) is 11.5. The number of hydrogen-bond donors (Lipinski definition) is 2. The Bertz CT molecular complexity index is 981. The maximum atomic E-state index is 10.3. The molecule has 0 fully saturated rings. The summed E-state index contributed by atoms with van der Waals surface area (Å²) in [5.74, 6) is 1.21. The van der Waals surface area contributed by atoms with Gasteiger partial charge >= 0.3 is 0 Å². The molecule has 0 saturated carbocycles. The number of hydrogen-bond acceptors (Lipinski definition) is 4. The maximum Gasteiger partial charge on any atom is 0.175 e. The molecular formula is C24H24BrCl2NO3. The van der Waals surface area contributed by atoms with Crippen molar-refractivity contribution in [3.05, 3.63) is 91.9 Å². The van der Waals surface area contributed by atoms with Gasteiger partial charge in [-0.15, -0.1) is 0 Å². The summed E-state index contributed by atoms with van der Waals surface area (Å²) < 4.78 is 12.6. The fourth-order valence-corrected chi connectivity index (χ4v) is 4.20. The number of aliphatic hydroxyl groups is 1. The smallest absolute Gasteiger partial charge is 0.175 e. The van der Waals surface area contributed by atoms with Crippen molar-refractivity contribution in [3.8, 4) is 11.5 Å². The zero-order valence-electron chi connectivity index (χ0n) is 17.1. The predicted molar refractivity (Wildman–Crippen MR) is 129 cm³/mol. The van der Waals surface area contributed by atoms with Gasteiger partial charge in [-0.2, -0.15) is 0 Å². The molecule has 3 aromatic carbocycles. The minimum atomic E-state index is -0.570. The molecule has 0 aliphatic rings. The Hall–Kier alpha value is -1.76. The van der Waals surface area contributed by atoms with Crippen LogP contribution in [0.3, 0.4) is 0 Å². The fraction of sp³-hybridized carbons (Fsp3) is 0.250. The molecule has 0 heterocycles. The molecule has 0 aliphatic heterocycles. The minimum absolute atomic E-state index is 0.220. The van der Waals surface area contributed by atoms with E-state index in [1.165, 1.54) is 0 Å². The van der Waals surface area contributed by atoms with E-state index in [0.29, 0.717) is 41.2 Å². The van der Waals surface area contributed by atoms with E-state index in [0.717, 1.165) is 21.2 Å². The van der Waals surface area contributed by atoms with Gasteiger partial charge in [-0.25, -0.2) is 0 Å². The third kappa shape index (κ3) is 6.61. The number of aliphatic hydroxyl groups excluding tert-OH is 1. The zero-order valence-corrected chi connectivity index (χ0v) is 20.2. The standard InChI is InChI=1S/C24H24BrCl2NO3/c1-2-30-23-12-16(13-28-14-22(29)17-7-4-3-5-8-17)11-19(25)24(23)31-15-18-20(26)9-6-10-21(18)27/h3-12,22,28-29H,2,13-15H2,1H3/t22-/m1/s1. The van der Waals surface area contributed by atoms with Crippen molar-refractivity contribution in [1.82, 2.24) is 5.32 Å². The van der Waals surface area contributed by atoms with E-state index in [4.69, 9.17) is 32.7 Å². The molecule has 0 aromatic heterocycles. The number of ether oxygens (including phenoxy) is 2. The van der Waals surface area contributed by atoms with Gasteiger partial charge < -0.3 is 19.9 Å². The lowest BCUT2D eigenvalue weighted by Crippen LogP contribution is -2.21. The molecule has 31 heavy (non-hydrogen) atoms. The van der Waals surface area contributed by atoms with Gasteiger partial charge in [0.2, 0.25) is 0 Å². The second-order valence-corrected chi connectivity index (χ2v) is 8.55. The quantitative estimate of drug-likeness (QED) is 0.315. The van der Waals surface area contributed by atoms with Crippen LogP contribution >= 0.6 is 39.1 Å². The van der Waals surface area contributed by atoms with Crippen LogP contribution < -0.4 is 14.8 Å². The summed E-state index contributed by atoms with van der Waals surface area (Å²) >= 11 is 16.1. The second kappa shape index (κ2) is 11.7. The number of rotatable bonds is 10. The Morgan fingerprint density at radius 3 is 2.39 bits per heavy atom. The van der Waals surface area contributed by atoms with E-state index in [2.05, 4.69) is 21.2 Å². The van der Waals surface area contributed by atoms with E-state index in [9.17, 15) is 5.11 Å². The number of halogens is 3. The summed E-state index contributed by atoms with van der Waals surface area (Å²) in [4.78, 5) is 0. The molecule has 1 atom stereocenters. The SMILES string of the molecule is CCOc1cc(CNC[C@@H](O)c2ccccc2)cc(Br)c1OCc1c(Cl)cccc1Cl. The molecular weight excluding hydrogens is 501 g/mol. The molecule has 7 heteroatoms. The first-order chi connectivity index (χ1) is 15.0. The van der Waals surface area contributed by atoms with Crippen LogP contribution in [0.25, 0.3) is 0 Å². The average Bonchev–Trinajstić information content (AvgIpc) is 2.75. The normalized spacial score (nSPS) is 11.9. The van der Waals surface area contributed by atoms with Crippen LogP contribution in [0.1, 0.15) is 29.7 Å². The summed E-state index contributed by atoms with van der Waals surface area (Å²) in [6, 6.07) is 18.8. The van der Waals surface area contributed by atoms with E-state index in [-0.39, 0.29) is 6.61 Å². The lowest BCUT2D eigenvalue weighted by molar-refractivity contribution is 0.174. The lowest BCUT2D eigenvalue weighted by atomic mass is 10.1. The van der Waals surface area contributed by atoms with Crippen LogP contribution in [0.2, 0.25) is 10.0 Å². The van der Waals surface area contributed by atoms with Gasteiger partial charge in [0, 0.05) is 28.7 Å². The highest BCUT2D eigenvalue weighted by atomic mass is 79.9. The van der Waals surface area contributed by atoms with Crippen LogP contribution in [0, 0.1) is 0 Å². The van der Waals surface area contributed by atoms with E-state index in [1.807, 2.05) is 49.4 Å². The second-order valence-electron chi connectivity index (χ2n) is 6.88. The largest absolute Gasteiger partial charge is 0.490 e. The minimum Gasteiger partial charge on any atom is -0.490 e. The van der Waals surface area contributed by atoms with Crippen LogP contribution in [-0.4, -0.2) is 18.3 Å². The Morgan fingerprint density at radius 2 is 1.71 bits per heavy atom. The van der Waals surface area contributed by atoms with Gasteiger partial charge in [0.05, 0.1) is 17.2 Å². The van der Waals surface area contributed by atoms with Gasteiger partial charge in [0.15, 0.2) is 11.5 Å². The van der Waals surface area contributed by atoms with Crippen molar-refractivity contribution in [1.29, 1.82) is 0 Å². The molecule has 164 valence electrons. The zero-order chi connectivity index (χ0) is 22.2. The van der Waals surface area contributed by atoms with E-state index in [1.54, 1.807) is 18.2 Å². The fourth-order valence-electron chi connectivity index (χ4n) is 3.09. The van der Waals surface area contributed by atoms with Crippen LogP contribution in [0.15, 0.2) is 65.1 Å². The van der Waals surface area contributed by atoms with Crippen molar-refractivity contribution in [2.45, 2.75) is 26.2 Å². The van der Waals surface area contributed by atoms with Gasteiger partial charge in [0.1, 0.15) is 6.61 Å². The highest BCUT2D eigenvalue weighted by Crippen LogP contribution is 2.38. The Kier molecular flexibility index (Phi) is 9.05. The summed E-state index contributed by atoms with van der Waals surface area (Å²) in [6.07, 6.45) is -0.570. The summed E-state index contributed by atoms with van der Waals surface area (Å²) in [5.41, 5.74) is 2.60. The maximum absolute atomic E-state index is 10.3. The van der Waals surface area contributed by atoms with Crippen molar-refractivity contribution in [3.63, 3.8) is 0 Å². The molecule has 0 unspecified atom stereocenters. The number of benzene rings is 3. The number of nitrogens with one attached hydrogen (secondary N) is 1. The average molecular weight is 525 g/mol. The van der Waals surface area contributed by atoms with Crippen molar-refractivity contribution >= 4 is 39.1 Å². The Balaban J connectivity index is 1.68. The van der Waals surface area contributed by atoms with Crippen LogP contribution in [0.5, 0.6) is 11.5 Å². The summed E-state index contributed by atoms with van der Waals surface area (Å²) in [6.45, 7) is 3.65. The third-order valence-electron chi connectivity index (χ3n) is 4.64. The first-order valence-electron chi connectivity index (χ1n) is 9.94. The van der Waals surface area contributed by atoms with Gasteiger partial charge in [-0.05, 0) is 58.2 Å². The summed E-state index contributed by atoms with van der Waals surface area (Å²) in [5, 5.41) is 14.7. The molecule has 0 saturated heterocycles. The van der Waals surface area contributed by atoms with Crippen LogP contribution in [0.4, 0.5) is 0 Å². The van der Waals surface area contributed by atoms with E-state index >= 15 is 0 Å². The van der Waals surface area contributed by atoms with Crippen LogP contribution in [-0.2, 0) is 13.2 Å². The molecule has 0 radical (unpaired) electrons. The predicted octanol–water partition coefficient (Wildman–Crippen LogP) is 6.56. The monoisotopic (exact) mass is 523 g/mol. The molecule has 3 rings (SSSR count).